The van der Waals surface area contributed by atoms with E-state index in [1.807, 2.05) is 61.9 Å². The van der Waals surface area contributed by atoms with Gasteiger partial charge in [0, 0.05) is 34.7 Å². The molecule has 0 aliphatic heterocycles. The van der Waals surface area contributed by atoms with E-state index in [2.05, 4.69) is 34.0 Å². The van der Waals surface area contributed by atoms with Gasteiger partial charge < -0.3 is 4.98 Å². The maximum Gasteiger partial charge on any atom is 0.130 e. The average molecular weight is 364 g/mol. The first-order valence-corrected chi connectivity index (χ1v) is 9.15. The van der Waals surface area contributed by atoms with Gasteiger partial charge in [-0.2, -0.15) is 0 Å². The zero-order valence-electron chi connectivity index (χ0n) is 15.0. The van der Waals surface area contributed by atoms with Crippen LogP contribution in [-0.2, 0) is 0 Å². The molecule has 2 heterocycles. The minimum Gasteiger partial charge on any atom is -0.347 e. The summed E-state index contributed by atoms with van der Waals surface area (Å²) in [5, 5.41) is 0.703. The first-order chi connectivity index (χ1) is 12.7. The van der Waals surface area contributed by atoms with Gasteiger partial charge in [0.2, 0.25) is 0 Å². The summed E-state index contributed by atoms with van der Waals surface area (Å²) < 4.78 is 0. The zero-order valence-corrected chi connectivity index (χ0v) is 15.8. The monoisotopic (exact) mass is 363 g/mol. The summed E-state index contributed by atoms with van der Waals surface area (Å²) in [4.78, 5) is 12.3. The number of nitrogens with zero attached hydrogens (tertiary/aromatic N) is 2. The van der Waals surface area contributed by atoms with Crippen LogP contribution in [-0.4, -0.2) is 9.97 Å². The van der Waals surface area contributed by atoms with Gasteiger partial charge in [-0.3, -0.25) is 4.98 Å². The largest absolute Gasteiger partial charge is 0.347 e. The van der Waals surface area contributed by atoms with E-state index in [-0.39, 0.29) is 0 Å². The summed E-state index contributed by atoms with van der Waals surface area (Å²) in [6.45, 7) is 4.20. The topological polar surface area (TPSA) is 41.0 Å². The number of aromatic nitrogens is 2. The number of rotatable bonds is 5. The van der Waals surface area contributed by atoms with Crippen LogP contribution in [0.4, 0.5) is 0 Å². The molecule has 3 rings (SSSR count). The Balaban J connectivity index is 2.08. The molecule has 0 bridgehead atoms. The highest BCUT2D eigenvalue weighted by atomic mass is 35.5. The van der Waals surface area contributed by atoms with Crippen molar-refractivity contribution in [2.75, 3.05) is 0 Å². The molecule has 0 atom stereocenters. The van der Waals surface area contributed by atoms with Gasteiger partial charge in [0.25, 0.3) is 0 Å². The molecule has 0 aliphatic carbocycles. The molecular weight excluding hydrogens is 342 g/mol. The van der Waals surface area contributed by atoms with Crippen molar-refractivity contribution in [3.8, 4) is 22.4 Å². The van der Waals surface area contributed by atoms with E-state index in [1.54, 1.807) is 0 Å². The molecule has 0 fully saturated rings. The molecular formula is C22H22ClN3. The number of nitrogens with one attached hydrogen (secondary N) is 1. The van der Waals surface area contributed by atoms with Gasteiger partial charge in [-0.25, -0.2) is 4.99 Å². The fraction of sp³-hybridized carbons (Fsp3) is 0.182. The molecule has 0 saturated carbocycles. The van der Waals surface area contributed by atoms with Gasteiger partial charge in [-0.1, -0.05) is 43.2 Å². The Morgan fingerprint density at radius 1 is 1.15 bits per heavy atom. The fourth-order valence-corrected chi connectivity index (χ4v) is 2.92. The lowest BCUT2D eigenvalue weighted by Crippen LogP contribution is -2.05. The van der Waals surface area contributed by atoms with Gasteiger partial charge in [0.05, 0.1) is 5.69 Å². The number of hydrogen-bond acceptors (Lipinski definition) is 2. The van der Waals surface area contributed by atoms with Gasteiger partial charge in [0.1, 0.15) is 5.49 Å². The summed E-state index contributed by atoms with van der Waals surface area (Å²) >= 11 is 6.18. The summed E-state index contributed by atoms with van der Waals surface area (Å²) in [6, 6.07) is 14.0. The molecule has 2 aromatic heterocycles. The van der Waals surface area contributed by atoms with Crippen molar-refractivity contribution in [2.45, 2.75) is 26.7 Å². The highest BCUT2D eigenvalue weighted by Gasteiger charge is 2.10. The highest BCUT2D eigenvalue weighted by molar-refractivity contribution is 6.30. The summed E-state index contributed by atoms with van der Waals surface area (Å²) in [6.07, 6.45) is 9.87. The molecule has 0 aliphatic rings. The van der Waals surface area contributed by atoms with Crippen molar-refractivity contribution < 1.29 is 0 Å². The number of pyridine rings is 2. The SMILES string of the molecule is CCC/C=C/N=c1/cc(-c2cc(C)cnc2-c2cccc(Cl)c2)cc[nH]1. The van der Waals surface area contributed by atoms with Crippen LogP contribution in [0.25, 0.3) is 22.4 Å². The van der Waals surface area contributed by atoms with Crippen LogP contribution in [0.2, 0.25) is 5.02 Å². The number of aromatic amines is 1. The Bertz CT molecular complexity index is 986. The van der Waals surface area contributed by atoms with Crippen molar-refractivity contribution in [3.63, 3.8) is 0 Å². The Labute approximate surface area is 159 Å². The van der Waals surface area contributed by atoms with Crippen LogP contribution in [0.3, 0.4) is 0 Å². The maximum atomic E-state index is 6.18. The van der Waals surface area contributed by atoms with E-state index in [4.69, 9.17) is 11.6 Å². The molecule has 132 valence electrons. The van der Waals surface area contributed by atoms with Crippen molar-refractivity contribution in [2.24, 2.45) is 4.99 Å². The van der Waals surface area contributed by atoms with Crippen molar-refractivity contribution >= 4 is 11.6 Å². The second-order valence-corrected chi connectivity index (χ2v) is 6.62. The second-order valence-electron chi connectivity index (χ2n) is 6.18. The van der Waals surface area contributed by atoms with Gasteiger partial charge >= 0.3 is 0 Å². The van der Waals surface area contributed by atoms with Crippen LogP contribution < -0.4 is 5.49 Å². The minimum absolute atomic E-state index is 0.703. The number of hydrogen-bond donors (Lipinski definition) is 1. The van der Waals surface area contributed by atoms with Gasteiger partial charge in [-0.05, 0) is 54.8 Å². The number of unbranched alkanes of at least 4 members (excludes halogenated alkanes) is 1. The van der Waals surface area contributed by atoms with Crippen molar-refractivity contribution in [1.29, 1.82) is 0 Å². The highest BCUT2D eigenvalue weighted by Crippen LogP contribution is 2.31. The molecule has 0 spiro atoms. The second kappa shape index (κ2) is 8.63. The number of allylic oxidation sites excluding steroid dienone is 1. The molecule has 0 amide bonds. The molecule has 3 nitrogen and oxygen atoms in total. The molecule has 0 saturated heterocycles. The number of aryl methyl sites for hydroxylation is 1. The van der Waals surface area contributed by atoms with Crippen LogP contribution in [0.5, 0.6) is 0 Å². The Morgan fingerprint density at radius 3 is 2.85 bits per heavy atom. The predicted molar refractivity (Wildman–Crippen MR) is 109 cm³/mol. The Kier molecular flexibility index (Phi) is 6.03. The normalized spacial score (nSPS) is 12.0. The third kappa shape index (κ3) is 4.50. The molecule has 3 aromatic rings. The van der Waals surface area contributed by atoms with Crippen LogP contribution in [0, 0.1) is 6.92 Å². The van der Waals surface area contributed by atoms with Crippen LogP contribution >= 0.6 is 11.6 Å². The lowest BCUT2D eigenvalue weighted by atomic mass is 9.99. The standard InChI is InChI=1S/C22H22ClN3/c1-3-4-5-10-24-21-14-17(9-11-25-21)20-12-16(2)15-26-22(20)18-7-6-8-19(23)13-18/h5-15H,3-4H2,1-2H3,(H,24,25)/b10-5+. The quantitative estimate of drug-likeness (QED) is 0.600. The van der Waals surface area contributed by atoms with Gasteiger partial charge in [0.15, 0.2) is 0 Å². The number of H-pyrrole nitrogens is 1. The van der Waals surface area contributed by atoms with E-state index in [9.17, 15) is 0 Å². The lowest BCUT2D eigenvalue weighted by molar-refractivity contribution is 0.953. The zero-order chi connectivity index (χ0) is 18.4. The Morgan fingerprint density at radius 2 is 2.04 bits per heavy atom. The van der Waals surface area contributed by atoms with E-state index < -0.39 is 0 Å². The predicted octanol–water partition coefficient (Wildman–Crippen LogP) is 5.92. The molecule has 0 unspecified atom stereocenters. The Hall–Kier alpha value is -2.65. The van der Waals surface area contributed by atoms with Crippen molar-refractivity contribution in [3.05, 3.63) is 83.2 Å². The third-order valence-corrected chi connectivity index (χ3v) is 4.23. The fourth-order valence-electron chi connectivity index (χ4n) is 2.73. The molecule has 0 radical (unpaired) electrons. The van der Waals surface area contributed by atoms with Crippen LogP contribution in [0.15, 0.2) is 72.1 Å². The maximum absolute atomic E-state index is 6.18. The summed E-state index contributed by atoms with van der Waals surface area (Å²) in [5.41, 5.74) is 5.97. The first-order valence-electron chi connectivity index (χ1n) is 8.78. The molecule has 1 aromatic carbocycles. The van der Waals surface area contributed by atoms with Gasteiger partial charge in [-0.15, -0.1) is 0 Å². The molecule has 26 heavy (non-hydrogen) atoms. The van der Waals surface area contributed by atoms with E-state index in [0.29, 0.717) is 5.02 Å². The van der Waals surface area contributed by atoms with Crippen molar-refractivity contribution in [1.82, 2.24) is 9.97 Å². The average Bonchev–Trinajstić information content (AvgIpc) is 2.65. The first kappa shape index (κ1) is 18.2. The van der Waals surface area contributed by atoms with E-state index in [1.165, 1.54) is 0 Å². The minimum atomic E-state index is 0.703. The summed E-state index contributed by atoms with van der Waals surface area (Å²) in [7, 11) is 0. The number of halogens is 1. The molecule has 4 heteroatoms. The van der Waals surface area contributed by atoms with E-state index in [0.717, 1.165) is 46.3 Å². The summed E-state index contributed by atoms with van der Waals surface area (Å²) in [5.74, 6) is 0. The number of benzene rings is 1. The van der Waals surface area contributed by atoms with Crippen LogP contribution in [0.1, 0.15) is 25.3 Å². The lowest BCUT2D eigenvalue weighted by Gasteiger charge is -2.10. The smallest absolute Gasteiger partial charge is 0.130 e. The third-order valence-electron chi connectivity index (χ3n) is 3.99. The van der Waals surface area contributed by atoms with E-state index >= 15 is 0 Å². The molecule has 1 N–H and O–H groups in total.